The molecule has 1 saturated carbocycles. The molecule has 1 aliphatic carbocycles. The van der Waals surface area contributed by atoms with E-state index >= 15 is 0 Å². The van der Waals surface area contributed by atoms with Gasteiger partial charge >= 0.3 is 0 Å². The number of nitrogens with one attached hydrogen (secondary N) is 2. The molecule has 1 fully saturated rings. The Labute approximate surface area is 175 Å². The van der Waals surface area contributed by atoms with Gasteiger partial charge in [0.05, 0.1) is 23.8 Å². The summed E-state index contributed by atoms with van der Waals surface area (Å²) in [5.41, 5.74) is 4.60. The number of hydrogen-bond acceptors (Lipinski definition) is 6. The largest absolute Gasteiger partial charge is 0.496 e. The Morgan fingerprint density at radius 1 is 1.10 bits per heavy atom. The maximum atomic E-state index is 5.77. The van der Waals surface area contributed by atoms with Crippen molar-refractivity contribution >= 4 is 27.8 Å². The summed E-state index contributed by atoms with van der Waals surface area (Å²) in [5, 5.41) is 9.88. The van der Waals surface area contributed by atoms with Crippen molar-refractivity contribution in [3.05, 3.63) is 29.4 Å². The molecular weight excluding hydrogens is 378 g/mol. The van der Waals surface area contributed by atoms with Gasteiger partial charge in [-0.3, -0.25) is 0 Å². The van der Waals surface area contributed by atoms with Crippen molar-refractivity contribution in [1.29, 1.82) is 0 Å². The first-order valence-corrected chi connectivity index (χ1v) is 10.6. The summed E-state index contributed by atoms with van der Waals surface area (Å²) in [6, 6.07) is 4.63. The molecule has 0 aliphatic heterocycles. The summed E-state index contributed by atoms with van der Waals surface area (Å²) in [4.78, 5) is 12.9. The molecule has 5 rings (SSSR count). The number of H-pyrrole nitrogens is 1. The number of anilines is 1. The number of fused-ring (bicyclic) bond motifs is 3. The quantitative estimate of drug-likeness (QED) is 0.470. The van der Waals surface area contributed by atoms with Crippen LogP contribution >= 0.6 is 0 Å². The van der Waals surface area contributed by atoms with Gasteiger partial charge in [-0.15, -0.1) is 0 Å². The normalized spacial score (nSPS) is 15.2. The monoisotopic (exact) mass is 405 g/mol. The average Bonchev–Trinajstić information content (AvgIpc) is 3.26. The predicted octanol–water partition coefficient (Wildman–Crippen LogP) is 5.44. The van der Waals surface area contributed by atoms with Gasteiger partial charge in [-0.25, -0.2) is 9.97 Å². The molecule has 1 aromatic carbocycles. The van der Waals surface area contributed by atoms with Crippen molar-refractivity contribution in [3.63, 3.8) is 0 Å². The van der Waals surface area contributed by atoms with E-state index in [0.29, 0.717) is 6.04 Å². The SMILES string of the molecule is COc1cc2c(cc1-c1c(C)noc1C)[nH]c1nc(C)nc(NC3CCCCC3)c12. The second kappa shape index (κ2) is 7.31. The van der Waals surface area contributed by atoms with Gasteiger partial charge in [-0.05, 0) is 45.7 Å². The van der Waals surface area contributed by atoms with Crippen LogP contribution in [0.5, 0.6) is 5.75 Å². The van der Waals surface area contributed by atoms with Crippen LogP contribution in [-0.4, -0.2) is 33.3 Å². The molecule has 156 valence electrons. The highest BCUT2D eigenvalue weighted by Gasteiger charge is 2.22. The highest BCUT2D eigenvalue weighted by molar-refractivity contribution is 6.12. The van der Waals surface area contributed by atoms with E-state index in [2.05, 4.69) is 32.6 Å². The summed E-state index contributed by atoms with van der Waals surface area (Å²) in [6.07, 6.45) is 6.24. The first-order chi connectivity index (χ1) is 14.5. The number of aryl methyl sites for hydroxylation is 3. The van der Waals surface area contributed by atoms with Crippen LogP contribution < -0.4 is 10.1 Å². The standard InChI is InChI=1S/C23H27N5O2/c1-12-20(13(2)30-28-12)17-10-18-16(11-19(17)29-4)21-22(24-14(3)25-23(21)27-18)26-15-8-6-5-7-9-15/h10-11,15H,5-9H2,1-4H3,(H2,24,25,26,27). The maximum absolute atomic E-state index is 5.77. The van der Waals surface area contributed by atoms with E-state index in [1.165, 1.54) is 32.1 Å². The highest BCUT2D eigenvalue weighted by Crippen LogP contribution is 2.40. The molecule has 0 spiro atoms. The summed E-state index contributed by atoms with van der Waals surface area (Å²) in [5.74, 6) is 3.21. The van der Waals surface area contributed by atoms with Crippen LogP contribution in [0.4, 0.5) is 5.82 Å². The number of rotatable bonds is 4. The molecule has 7 heteroatoms. The van der Waals surface area contributed by atoms with Crippen LogP contribution in [0.2, 0.25) is 0 Å². The third-order valence-corrected chi connectivity index (χ3v) is 6.13. The fourth-order valence-electron chi connectivity index (χ4n) is 4.71. The van der Waals surface area contributed by atoms with Gasteiger partial charge in [0.15, 0.2) is 0 Å². The van der Waals surface area contributed by atoms with E-state index in [1.54, 1.807) is 7.11 Å². The Morgan fingerprint density at radius 2 is 1.90 bits per heavy atom. The Kier molecular flexibility index (Phi) is 4.60. The van der Waals surface area contributed by atoms with Crippen molar-refractivity contribution in [3.8, 4) is 16.9 Å². The number of benzene rings is 1. The lowest BCUT2D eigenvalue weighted by Gasteiger charge is -2.23. The van der Waals surface area contributed by atoms with Crippen LogP contribution in [0.1, 0.15) is 49.4 Å². The van der Waals surface area contributed by atoms with E-state index in [1.807, 2.05) is 20.8 Å². The van der Waals surface area contributed by atoms with Crippen LogP contribution in [0.25, 0.3) is 33.1 Å². The lowest BCUT2D eigenvalue weighted by atomic mass is 9.95. The number of aromatic nitrogens is 4. The Hall–Kier alpha value is -3.09. The van der Waals surface area contributed by atoms with E-state index in [4.69, 9.17) is 14.2 Å². The summed E-state index contributed by atoms with van der Waals surface area (Å²) in [6.45, 7) is 5.81. The zero-order chi connectivity index (χ0) is 20.8. The van der Waals surface area contributed by atoms with Crippen LogP contribution in [-0.2, 0) is 0 Å². The lowest BCUT2D eigenvalue weighted by Crippen LogP contribution is -2.23. The third kappa shape index (κ3) is 3.09. The number of hydrogen-bond donors (Lipinski definition) is 2. The summed E-state index contributed by atoms with van der Waals surface area (Å²) in [7, 11) is 1.69. The Balaban J connectivity index is 1.71. The molecule has 7 nitrogen and oxygen atoms in total. The zero-order valence-corrected chi connectivity index (χ0v) is 17.9. The molecular formula is C23H27N5O2. The lowest BCUT2D eigenvalue weighted by molar-refractivity contribution is 0.393. The number of nitrogens with zero attached hydrogens (tertiary/aromatic N) is 3. The maximum Gasteiger partial charge on any atom is 0.144 e. The molecule has 0 atom stereocenters. The molecule has 0 saturated heterocycles. The van der Waals surface area contributed by atoms with Gasteiger partial charge in [0.2, 0.25) is 0 Å². The second-order valence-electron chi connectivity index (χ2n) is 8.24. The first-order valence-electron chi connectivity index (χ1n) is 10.6. The number of aromatic amines is 1. The summed E-state index contributed by atoms with van der Waals surface area (Å²) < 4.78 is 11.2. The van der Waals surface area contributed by atoms with Crippen LogP contribution in [0.15, 0.2) is 16.7 Å². The summed E-state index contributed by atoms with van der Waals surface area (Å²) >= 11 is 0. The molecule has 0 bridgehead atoms. The van der Waals surface area contributed by atoms with Crippen molar-refractivity contribution in [2.24, 2.45) is 0 Å². The molecule has 0 amide bonds. The van der Waals surface area contributed by atoms with Gasteiger partial charge in [0.1, 0.15) is 28.8 Å². The highest BCUT2D eigenvalue weighted by atomic mass is 16.5. The smallest absolute Gasteiger partial charge is 0.144 e. The van der Waals surface area contributed by atoms with E-state index < -0.39 is 0 Å². The topological polar surface area (TPSA) is 88.9 Å². The van der Waals surface area contributed by atoms with Crippen molar-refractivity contribution < 1.29 is 9.26 Å². The minimum absolute atomic E-state index is 0.463. The predicted molar refractivity (Wildman–Crippen MR) is 118 cm³/mol. The Bertz CT molecular complexity index is 1210. The van der Waals surface area contributed by atoms with E-state index in [-0.39, 0.29) is 0 Å². The van der Waals surface area contributed by atoms with Gasteiger partial charge < -0.3 is 19.6 Å². The molecule has 1 aliphatic rings. The third-order valence-electron chi connectivity index (χ3n) is 6.13. The zero-order valence-electron chi connectivity index (χ0n) is 17.9. The molecule has 4 aromatic rings. The number of methoxy groups -OCH3 is 1. The minimum atomic E-state index is 0.463. The first kappa shape index (κ1) is 18.9. The molecule has 3 heterocycles. The van der Waals surface area contributed by atoms with Gasteiger partial charge in [0.25, 0.3) is 0 Å². The second-order valence-corrected chi connectivity index (χ2v) is 8.24. The molecule has 0 unspecified atom stereocenters. The number of ether oxygens (including phenoxy) is 1. The molecule has 30 heavy (non-hydrogen) atoms. The van der Waals surface area contributed by atoms with Crippen molar-refractivity contribution in [2.45, 2.75) is 58.9 Å². The fraction of sp³-hybridized carbons (Fsp3) is 0.435. The van der Waals surface area contributed by atoms with Gasteiger partial charge in [-0.2, -0.15) is 0 Å². The molecule has 0 radical (unpaired) electrons. The van der Waals surface area contributed by atoms with Crippen molar-refractivity contribution in [2.75, 3.05) is 12.4 Å². The van der Waals surface area contributed by atoms with E-state index in [9.17, 15) is 0 Å². The fourth-order valence-corrected chi connectivity index (χ4v) is 4.71. The Morgan fingerprint density at radius 3 is 2.60 bits per heavy atom. The molecule has 2 N–H and O–H groups in total. The van der Waals surface area contributed by atoms with Crippen LogP contribution in [0.3, 0.4) is 0 Å². The minimum Gasteiger partial charge on any atom is -0.496 e. The van der Waals surface area contributed by atoms with Crippen molar-refractivity contribution in [1.82, 2.24) is 20.1 Å². The molecule has 3 aromatic heterocycles. The average molecular weight is 406 g/mol. The van der Waals surface area contributed by atoms with Gasteiger partial charge in [-0.1, -0.05) is 24.4 Å². The van der Waals surface area contributed by atoms with Crippen LogP contribution in [0, 0.1) is 20.8 Å². The van der Waals surface area contributed by atoms with Gasteiger partial charge in [0, 0.05) is 22.5 Å². The van der Waals surface area contributed by atoms with E-state index in [0.717, 1.165) is 61.9 Å².